The Kier molecular flexibility index (Phi) is 35.1. The zero-order valence-corrected chi connectivity index (χ0v) is 34.9. The maximum atomic E-state index is 12.7. The van der Waals surface area contributed by atoms with E-state index < -0.39 is 43.4 Å². The normalized spacial score (nSPS) is 21.2. The van der Waals surface area contributed by atoms with Gasteiger partial charge >= 0.3 is 5.97 Å². The molecule has 0 aromatic rings. The number of ether oxygens (including phenoxy) is 4. The number of rotatable bonds is 37. The summed E-state index contributed by atoms with van der Waals surface area (Å²) in [5, 5.41) is 40.0. The lowest BCUT2D eigenvalue weighted by molar-refractivity contribution is -0.305. The van der Waals surface area contributed by atoms with Crippen LogP contribution in [0, 0.1) is 0 Å². The van der Waals surface area contributed by atoms with Gasteiger partial charge in [-0.3, -0.25) is 4.79 Å². The van der Waals surface area contributed by atoms with Gasteiger partial charge in [-0.15, -0.1) is 0 Å². The Hall–Kier alpha value is -1.85. The van der Waals surface area contributed by atoms with Crippen LogP contribution in [0.4, 0.5) is 0 Å². The molecule has 9 nitrogen and oxygen atoms in total. The highest BCUT2D eigenvalue weighted by Gasteiger charge is 2.44. The molecule has 0 bridgehead atoms. The van der Waals surface area contributed by atoms with Crippen molar-refractivity contribution in [3.8, 4) is 0 Å². The summed E-state index contributed by atoms with van der Waals surface area (Å²) in [5.41, 5.74) is 0. The molecule has 6 unspecified atom stereocenters. The summed E-state index contributed by atoms with van der Waals surface area (Å²) in [6.45, 7) is 4.40. The first-order valence-corrected chi connectivity index (χ1v) is 22.2. The molecule has 0 spiro atoms. The molecule has 55 heavy (non-hydrogen) atoms. The van der Waals surface area contributed by atoms with E-state index in [9.17, 15) is 25.2 Å². The largest absolute Gasteiger partial charge is 0.457 e. The average Bonchev–Trinajstić information content (AvgIpc) is 3.18. The minimum absolute atomic E-state index is 0.114. The fourth-order valence-corrected chi connectivity index (χ4v) is 6.54. The van der Waals surface area contributed by atoms with Crippen molar-refractivity contribution in [1.29, 1.82) is 0 Å². The van der Waals surface area contributed by atoms with Crippen molar-refractivity contribution in [1.82, 2.24) is 0 Å². The zero-order valence-electron chi connectivity index (χ0n) is 34.9. The van der Waals surface area contributed by atoms with Gasteiger partial charge in [-0.2, -0.15) is 0 Å². The Morgan fingerprint density at radius 2 is 1.11 bits per heavy atom. The monoisotopic (exact) mass is 779 g/mol. The second-order valence-corrected chi connectivity index (χ2v) is 15.1. The van der Waals surface area contributed by atoms with Gasteiger partial charge in [-0.25, -0.2) is 0 Å². The van der Waals surface area contributed by atoms with Crippen LogP contribution in [0.5, 0.6) is 0 Å². The fourth-order valence-electron chi connectivity index (χ4n) is 6.54. The van der Waals surface area contributed by atoms with Crippen LogP contribution in [0.1, 0.15) is 174 Å². The van der Waals surface area contributed by atoms with Gasteiger partial charge < -0.3 is 39.4 Å². The number of aliphatic hydroxyl groups excluding tert-OH is 4. The average molecular weight is 779 g/mol. The third kappa shape index (κ3) is 29.1. The molecule has 1 rings (SSSR count). The van der Waals surface area contributed by atoms with Gasteiger partial charge in [0.25, 0.3) is 0 Å². The van der Waals surface area contributed by atoms with Gasteiger partial charge in [0.2, 0.25) is 0 Å². The third-order valence-electron chi connectivity index (χ3n) is 10.0. The van der Waals surface area contributed by atoms with E-state index in [0.29, 0.717) is 13.0 Å². The molecule has 1 heterocycles. The maximum absolute atomic E-state index is 12.7. The van der Waals surface area contributed by atoms with Crippen LogP contribution in [-0.2, 0) is 23.7 Å². The molecule has 0 aromatic heterocycles. The van der Waals surface area contributed by atoms with E-state index in [0.717, 1.165) is 57.8 Å². The Balaban J connectivity index is 2.16. The predicted molar refractivity (Wildman–Crippen MR) is 224 cm³/mol. The number of hydrogen-bond acceptors (Lipinski definition) is 9. The van der Waals surface area contributed by atoms with Crippen molar-refractivity contribution in [3.05, 3.63) is 48.6 Å². The van der Waals surface area contributed by atoms with Crippen molar-refractivity contribution in [2.24, 2.45) is 0 Å². The van der Waals surface area contributed by atoms with Crippen LogP contribution in [0.25, 0.3) is 0 Å². The number of aliphatic hydroxyl groups is 4. The minimum Gasteiger partial charge on any atom is -0.457 e. The molecule has 1 aliphatic rings. The van der Waals surface area contributed by atoms with Crippen molar-refractivity contribution in [2.75, 3.05) is 26.4 Å². The molecule has 0 radical (unpaired) electrons. The number of unbranched alkanes of at least 4 members (excludes halogenated alkanes) is 18. The van der Waals surface area contributed by atoms with Crippen LogP contribution < -0.4 is 0 Å². The fraction of sp³-hybridized carbons (Fsp3) is 0.804. The number of hydrogen-bond donors (Lipinski definition) is 4. The van der Waals surface area contributed by atoms with Gasteiger partial charge in [-0.05, 0) is 51.4 Å². The molecule has 6 atom stereocenters. The van der Waals surface area contributed by atoms with Crippen LogP contribution >= 0.6 is 0 Å². The van der Waals surface area contributed by atoms with Gasteiger partial charge in [0.15, 0.2) is 6.29 Å². The van der Waals surface area contributed by atoms with Gasteiger partial charge in [0, 0.05) is 13.0 Å². The topological polar surface area (TPSA) is 135 Å². The number of esters is 1. The highest BCUT2D eigenvalue weighted by atomic mass is 16.7. The molecule has 1 fully saturated rings. The summed E-state index contributed by atoms with van der Waals surface area (Å²) in [7, 11) is 0. The van der Waals surface area contributed by atoms with Crippen LogP contribution in [0.2, 0.25) is 0 Å². The summed E-state index contributed by atoms with van der Waals surface area (Å²) < 4.78 is 22.7. The van der Waals surface area contributed by atoms with Gasteiger partial charge in [0.05, 0.1) is 19.8 Å². The molecule has 0 aromatic carbocycles. The molecule has 1 aliphatic heterocycles. The highest BCUT2D eigenvalue weighted by Crippen LogP contribution is 2.22. The van der Waals surface area contributed by atoms with Crippen molar-refractivity contribution >= 4 is 5.97 Å². The molecule has 0 saturated carbocycles. The maximum Gasteiger partial charge on any atom is 0.306 e. The SMILES string of the molecule is CC/C=C\C/C=C\C/C=C\C/C=C\CCCCCCCCCCCCCOCC(COC1OC(CO)C(O)C(O)C1O)OC(=O)CCCCCCCCCC. The highest BCUT2D eigenvalue weighted by molar-refractivity contribution is 5.69. The van der Waals surface area contributed by atoms with Crippen LogP contribution in [-0.4, -0.2) is 89.6 Å². The number of allylic oxidation sites excluding steroid dienone is 8. The lowest BCUT2D eigenvalue weighted by Gasteiger charge is -2.39. The van der Waals surface area contributed by atoms with Gasteiger partial charge in [0.1, 0.15) is 30.5 Å². The Labute approximate surface area is 335 Å². The lowest BCUT2D eigenvalue weighted by atomic mass is 9.99. The lowest BCUT2D eigenvalue weighted by Crippen LogP contribution is -2.59. The van der Waals surface area contributed by atoms with Crippen LogP contribution in [0.15, 0.2) is 48.6 Å². The molecule has 1 saturated heterocycles. The molecule has 0 amide bonds. The van der Waals surface area contributed by atoms with E-state index in [1.54, 1.807) is 0 Å². The van der Waals surface area contributed by atoms with E-state index in [1.807, 2.05) is 0 Å². The third-order valence-corrected chi connectivity index (χ3v) is 10.0. The van der Waals surface area contributed by atoms with E-state index >= 15 is 0 Å². The first-order valence-electron chi connectivity index (χ1n) is 22.2. The summed E-state index contributed by atoms with van der Waals surface area (Å²) in [4.78, 5) is 12.7. The first-order chi connectivity index (χ1) is 26.9. The summed E-state index contributed by atoms with van der Waals surface area (Å²) >= 11 is 0. The molecular weight excluding hydrogens is 696 g/mol. The zero-order chi connectivity index (χ0) is 40.0. The number of carbonyl (C=O) groups is 1. The molecule has 320 valence electrons. The smallest absolute Gasteiger partial charge is 0.306 e. The molecular formula is C46H82O9. The standard InChI is InChI=1S/C46H82O9/c1-3-5-7-9-11-13-14-15-16-17-18-19-20-21-22-23-24-25-26-27-28-30-32-34-36-52-38-40(54-42(48)35-33-31-29-12-10-8-6-4-2)39-53-46-45(51)44(50)43(49)41(37-47)55-46/h5,7,11,13,15-16,18-19,40-41,43-47,49-51H,3-4,6,8-10,12,14,17,20-39H2,1-2H3/b7-5-,13-11-,16-15-,19-18-. The quantitative estimate of drug-likeness (QED) is 0.0276. The number of carbonyl (C=O) groups excluding carboxylic acids is 1. The second kappa shape index (κ2) is 37.7. The predicted octanol–water partition coefficient (Wildman–Crippen LogP) is 9.75. The minimum atomic E-state index is -1.53. The van der Waals surface area contributed by atoms with E-state index in [1.165, 1.54) is 96.3 Å². The molecule has 0 aliphatic carbocycles. The Morgan fingerprint density at radius 1 is 0.600 bits per heavy atom. The Morgan fingerprint density at radius 3 is 1.67 bits per heavy atom. The van der Waals surface area contributed by atoms with Crippen molar-refractivity contribution in [3.63, 3.8) is 0 Å². The van der Waals surface area contributed by atoms with Crippen molar-refractivity contribution in [2.45, 2.75) is 211 Å². The van der Waals surface area contributed by atoms with E-state index in [4.69, 9.17) is 18.9 Å². The second-order valence-electron chi connectivity index (χ2n) is 15.1. The Bertz CT molecular complexity index is 978. The first kappa shape index (κ1) is 51.2. The summed E-state index contributed by atoms with van der Waals surface area (Å²) in [6.07, 6.45) is 38.7. The van der Waals surface area contributed by atoms with Crippen LogP contribution in [0.3, 0.4) is 0 Å². The van der Waals surface area contributed by atoms with E-state index in [2.05, 4.69) is 62.5 Å². The van der Waals surface area contributed by atoms with Crippen molar-refractivity contribution < 1.29 is 44.2 Å². The molecule has 4 N–H and O–H groups in total. The molecule has 9 heteroatoms. The van der Waals surface area contributed by atoms with Gasteiger partial charge in [-0.1, -0.05) is 165 Å². The van der Waals surface area contributed by atoms with E-state index in [-0.39, 0.29) is 19.2 Å². The summed E-state index contributed by atoms with van der Waals surface area (Å²) in [6, 6.07) is 0. The summed E-state index contributed by atoms with van der Waals surface area (Å²) in [5.74, 6) is -0.321.